The van der Waals surface area contributed by atoms with Crippen LogP contribution in [0.1, 0.15) is 29.9 Å². The maximum Gasteiger partial charge on any atom is 0.250 e. The third kappa shape index (κ3) is 3.82. The average Bonchev–Trinajstić information content (AvgIpc) is 2.63. The second kappa shape index (κ2) is 7.30. The number of aryl methyl sites for hydroxylation is 1. The van der Waals surface area contributed by atoms with Crippen molar-refractivity contribution in [3.8, 4) is 0 Å². The van der Waals surface area contributed by atoms with Gasteiger partial charge >= 0.3 is 0 Å². The number of amides is 1. The van der Waals surface area contributed by atoms with Crippen LogP contribution >= 0.6 is 0 Å². The Labute approximate surface area is 142 Å². The van der Waals surface area contributed by atoms with E-state index in [0.717, 1.165) is 37.1 Å². The molecule has 124 valence electrons. The van der Waals surface area contributed by atoms with Gasteiger partial charge in [0.05, 0.1) is 0 Å². The van der Waals surface area contributed by atoms with Crippen molar-refractivity contribution in [3.63, 3.8) is 0 Å². The van der Waals surface area contributed by atoms with Crippen molar-refractivity contribution < 1.29 is 4.79 Å². The van der Waals surface area contributed by atoms with Gasteiger partial charge in [-0.3, -0.25) is 9.59 Å². The Morgan fingerprint density at radius 3 is 2.50 bits per heavy atom. The van der Waals surface area contributed by atoms with Crippen LogP contribution in [0.4, 0.5) is 0 Å². The minimum absolute atomic E-state index is 0.0248. The molecule has 0 saturated carbocycles. The summed E-state index contributed by atoms with van der Waals surface area (Å²) in [6.45, 7) is 1.47. The van der Waals surface area contributed by atoms with Gasteiger partial charge in [-0.2, -0.15) is 0 Å². The van der Waals surface area contributed by atoms with E-state index in [4.69, 9.17) is 0 Å². The molecular weight excluding hydrogens is 300 g/mol. The lowest BCUT2D eigenvalue weighted by Crippen LogP contribution is -2.37. The van der Waals surface area contributed by atoms with Gasteiger partial charge < -0.3 is 9.47 Å². The van der Waals surface area contributed by atoms with Crippen LogP contribution in [0.15, 0.2) is 59.5 Å². The van der Waals surface area contributed by atoms with E-state index in [0.29, 0.717) is 5.92 Å². The van der Waals surface area contributed by atoms with E-state index in [1.165, 1.54) is 0 Å². The molecule has 2 aromatic rings. The second-order valence-corrected chi connectivity index (χ2v) is 6.25. The highest BCUT2D eigenvalue weighted by Gasteiger charge is 2.22. The standard InChI is InChI=1S/C20H22N2O2/c1-21-12-9-18(15-20(21)24)17-10-13-22(14-11-17)19(23)8-7-16-5-3-2-4-6-16/h2-9,12,15,17H,10-11,13-14H2,1H3. The number of hydrogen-bond acceptors (Lipinski definition) is 2. The fourth-order valence-corrected chi connectivity index (χ4v) is 3.09. The van der Waals surface area contributed by atoms with Crippen LogP contribution in [-0.4, -0.2) is 28.5 Å². The van der Waals surface area contributed by atoms with E-state index in [-0.39, 0.29) is 11.5 Å². The predicted octanol–water partition coefficient (Wildman–Crippen LogP) is 2.80. The number of piperidine rings is 1. The molecule has 0 N–H and O–H groups in total. The molecule has 0 unspecified atom stereocenters. The highest BCUT2D eigenvalue weighted by Crippen LogP contribution is 2.27. The van der Waals surface area contributed by atoms with Gasteiger partial charge in [0.2, 0.25) is 5.91 Å². The van der Waals surface area contributed by atoms with E-state index >= 15 is 0 Å². The minimum Gasteiger partial charge on any atom is -0.339 e. The zero-order chi connectivity index (χ0) is 16.9. The SMILES string of the molecule is Cn1ccc(C2CCN(C(=O)C=Cc3ccccc3)CC2)cc1=O. The van der Waals surface area contributed by atoms with Crippen LogP contribution in [0.3, 0.4) is 0 Å². The zero-order valence-corrected chi connectivity index (χ0v) is 13.9. The third-order valence-corrected chi connectivity index (χ3v) is 4.62. The Bertz CT molecular complexity index is 785. The highest BCUT2D eigenvalue weighted by atomic mass is 16.2. The fourth-order valence-electron chi connectivity index (χ4n) is 3.09. The zero-order valence-electron chi connectivity index (χ0n) is 13.9. The summed E-state index contributed by atoms with van der Waals surface area (Å²) in [4.78, 5) is 25.9. The molecule has 1 aliphatic rings. The van der Waals surface area contributed by atoms with E-state index in [2.05, 4.69) is 0 Å². The largest absolute Gasteiger partial charge is 0.339 e. The van der Waals surface area contributed by atoms with Crippen molar-refractivity contribution in [1.82, 2.24) is 9.47 Å². The lowest BCUT2D eigenvalue weighted by molar-refractivity contribution is -0.126. The molecule has 2 heterocycles. The molecule has 1 fully saturated rings. The van der Waals surface area contributed by atoms with E-state index < -0.39 is 0 Å². The number of carbonyl (C=O) groups excluding carboxylic acids is 1. The van der Waals surface area contributed by atoms with Crippen molar-refractivity contribution in [2.45, 2.75) is 18.8 Å². The van der Waals surface area contributed by atoms with Crippen LogP contribution in [0.25, 0.3) is 6.08 Å². The number of pyridine rings is 1. The molecule has 0 aliphatic carbocycles. The number of carbonyl (C=O) groups is 1. The van der Waals surface area contributed by atoms with Crippen molar-refractivity contribution in [3.05, 3.63) is 76.2 Å². The molecule has 3 rings (SSSR count). The fraction of sp³-hybridized carbons (Fsp3) is 0.300. The van der Waals surface area contributed by atoms with Crippen molar-refractivity contribution in [2.75, 3.05) is 13.1 Å². The molecular formula is C20H22N2O2. The summed E-state index contributed by atoms with van der Waals surface area (Å²) in [6, 6.07) is 13.6. The van der Waals surface area contributed by atoms with Crippen LogP contribution in [0.2, 0.25) is 0 Å². The Morgan fingerprint density at radius 2 is 1.83 bits per heavy atom. The summed E-state index contributed by atoms with van der Waals surface area (Å²) < 4.78 is 1.58. The number of hydrogen-bond donors (Lipinski definition) is 0. The Morgan fingerprint density at radius 1 is 1.12 bits per heavy atom. The summed E-state index contributed by atoms with van der Waals surface area (Å²) in [5, 5.41) is 0. The van der Waals surface area contributed by atoms with Gasteiger partial charge in [0.25, 0.3) is 5.56 Å². The van der Waals surface area contributed by atoms with E-state index in [1.54, 1.807) is 23.8 Å². The van der Waals surface area contributed by atoms with Crippen molar-refractivity contribution >= 4 is 12.0 Å². The molecule has 0 spiro atoms. The lowest BCUT2D eigenvalue weighted by atomic mass is 9.90. The molecule has 4 nitrogen and oxygen atoms in total. The molecule has 24 heavy (non-hydrogen) atoms. The Kier molecular flexibility index (Phi) is 4.94. The Balaban J connectivity index is 1.58. The second-order valence-electron chi connectivity index (χ2n) is 6.25. The Hall–Kier alpha value is -2.62. The topological polar surface area (TPSA) is 42.3 Å². The summed E-state index contributed by atoms with van der Waals surface area (Å²) in [6.07, 6.45) is 7.12. The first-order chi connectivity index (χ1) is 11.6. The summed E-state index contributed by atoms with van der Waals surface area (Å²) in [7, 11) is 1.76. The predicted molar refractivity (Wildman–Crippen MR) is 95.7 cm³/mol. The maximum atomic E-state index is 12.3. The molecule has 1 aromatic heterocycles. The third-order valence-electron chi connectivity index (χ3n) is 4.62. The minimum atomic E-state index is 0.0248. The number of rotatable bonds is 3. The van der Waals surface area contributed by atoms with Crippen molar-refractivity contribution in [2.24, 2.45) is 7.05 Å². The van der Waals surface area contributed by atoms with E-state index in [9.17, 15) is 9.59 Å². The normalized spacial score (nSPS) is 15.8. The highest BCUT2D eigenvalue weighted by molar-refractivity contribution is 5.91. The quantitative estimate of drug-likeness (QED) is 0.816. The first-order valence-electron chi connectivity index (χ1n) is 8.32. The molecule has 1 aromatic carbocycles. The maximum absolute atomic E-state index is 12.3. The van der Waals surface area contributed by atoms with Crippen molar-refractivity contribution in [1.29, 1.82) is 0 Å². The smallest absolute Gasteiger partial charge is 0.250 e. The molecule has 0 radical (unpaired) electrons. The number of aromatic nitrogens is 1. The molecule has 0 atom stereocenters. The van der Waals surface area contributed by atoms with Gasteiger partial charge in [-0.25, -0.2) is 0 Å². The lowest BCUT2D eigenvalue weighted by Gasteiger charge is -2.31. The van der Waals surface area contributed by atoms with Crippen LogP contribution in [0, 0.1) is 0 Å². The van der Waals surface area contributed by atoms with Gasteiger partial charge in [0.1, 0.15) is 0 Å². The van der Waals surface area contributed by atoms with Gasteiger partial charge in [-0.15, -0.1) is 0 Å². The summed E-state index contributed by atoms with van der Waals surface area (Å²) in [5.41, 5.74) is 2.14. The van der Waals surface area contributed by atoms with Gasteiger partial charge in [-0.1, -0.05) is 30.3 Å². The number of nitrogens with zero attached hydrogens (tertiary/aromatic N) is 2. The molecule has 1 aliphatic heterocycles. The van der Waals surface area contributed by atoms with Crippen LogP contribution in [-0.2, 0) is 11.8 Å². The van der Waals surface area contributed by atoms with Gasteiger partial charge in [-0.05, 0) is 42.0 Å². The molecule has 4 heteroatoms. The number of benzene rings is 1. The van der Waals surface area contributed by atoms with E-state index in [1.807, 2.05) is 53.6 Å². The van der Waals surface area contributed by atoms with Crippen LogP contribution in [0.5, 0.6) is 0 Å². The molecule has 1 amide bonds. The van der Waals surface area contributed by atoms with Crippen LogP contribution < -0.4 is 5.56 Å². The van der Waals surface area contributed by atoms with Gasteiger partial charge in [0.15, 0.2) is 0 Å². The monoisotopic (exact) mass is 322 g/mol. The van der Waals surface area contributed by atoms with Gasteiger partial charge in [0, 0.05) is 38.5 Å². The first kappa shape index (κ1) is 16.2. The number of likely N-dealkylation sites (tertiary alicyclic amines) is 1. The first-order valence-corrected chi connectivity index (χ1v) is 8.32. The summed E-state index contributed by atoms with van der Waals surface area (Å²) in [5.74, 6) is 0.419. The summed E-state index contributed by atoms with van der Waals surface area (Å²) >= 11 is 0. The molecule has 1 saturated heterocycles. The average molecular weight is 322 g/mol. The molecule has 0 bridgehead atoms.